The van der Waals surface area contributed by atoms with Gasteiger partial charge in [0.25, 0.3) is 0 Å². The third-order valence-corrected chi connectivity index (χ3v) is 3.08. The lowest BCUT2D eigenvalue weighted by Gasteiger charge is -2.14. The van der Waals surface area contributed by atoms with E-state index in [1.54, 1.807) is 20.3 Å². The predicted molar refractivity (Wildman–Crippen MR) is 71.9 cm³/mol. The highest BCUT2D eigenvalue weighted by atomic mass is 79.9. The molecule has 6 heteroatoms. The monoisotopic (exact) mass is 319 g/mol. The molecule has 1 rings (SSSR count). The van der Waals surface area contributed by atoms with Gasteiger partial charge >= 0.3 is 0 Å². The van der Waals surface area contributed by atoms with Crippen molar-refractivity contribution in [3.8, 4) is 11.5 Å². The largest absolute Gasteiger partial charge is 0.503 e. The number of ether oxygens (including phenoxy) is 3. The Morgan fingerprint density at radius 1 is 1.28 bits per heavy atom. The summed E-state index contributed by atoms with van der Waals surface area (Å²) in [6, 6.07) is 3.61. The maximum Gasteiger partial charge on any atom is 0.172 e. The van der Waals surface area contributed by atoms with E-state index >= 15 is 0 Å². The number of rotatable bonds is 7. The average molecular weight is 320 g/mol. The van der Waals surface area contributed by atoms with Gasteiger partial charge in [0.2, 0.25) is 0 Å². The molecule has 0 fully saturated rings. The molecule has 0 aliphatic heterocycles. The molecule has 5 nitrogen and oxygen atoms in total. The quantitative estimate of drug-likeness (QED) is 0.751. The number of phenols is 1. The number of halogens is 1. The molecule has 1 aromatic carbocycles. The fraction of sp³-hybridized carbons (Fsp3) is 0.500. The van der Waals surface area contributed by atoms with Gasteiger partial charge in [-0.25, -0.2) is 0 Å². The molecule has 0 radical (unpaired) electrons. The number of phenolic OH excluding ortho intramolecular Hbond substituents is 1. The maximum absolute atomic E-state index is 9.68. The molecule has 0 saturated heterocycles. The van der Waals surface area contributed by atoms with Crippen molar-refractivity contribution in [2.24, 2.45) is 0 Å². The summed E-state index contributed by atoms with van der Waals surface area (Å²) in [6.07, 6.45) is -0.271. The van der Waals surface area contributed by atoms with Gasteiger partial charge in [0.05, 0.1) is 11.6 Å². The summed E-state index contributed by atoms with van der Waals surface area (Å²) in [6.45, 7) is 1.20. The Bertz CT molecular complexity index is 383. The SMILES string of the molecule is COc1cc(CNCC(OC)OC)cc(Br)c1O. The minimum atomic E-state index is -0.271. The van der Waals surface area contributed by atoms with Gasteiger partial charge in [-0.2, -0.15) is 0 Å². The summed E-state index contributed by atoms with van der Waals surface area (Å²) in [4.78, 5) is 0. The van der Waals surface area contributed by atoms with Gasteiger partial charge in [0.1, 0.15) is 0 Å². The van der Waals surface area contributed by atoms with Crippen molar-refractivity contribution in [1.82, 2.24) is 5.32 Å². The Hall–Kier alpha value is -0.820. The molecule has 0 spiro atoms. The molecular formula is C12H18BrNO4. The lowest BCUT2D eigenvalue weighted by atomic mass is 10.2. The molecule has 0 aromatic heterocycles. The molecule has 0 heterocycles. The molecule has 0 unspecified atom stereocenters. The van der Waals surface area contributed by atoms with Crippen molar-refractivity contribution >= 4 is 15.9 Å². The Morgan fingerprint density at radius 2 is 1.94 bits per heavy atom. The van der Waals surface area contributed by atoms with Crippen molar-refractivity contribution < 1.29 is 19.3 Å². The summed E-state index contributed by atoms with van der Waals surface area (Å²) in [7, 11) is 4.70. The molecule has 102 valence electrons. The van der Waals surface area contributed by atoms with Crippen molar-refractivity contribution in [3.05, 3.63) is 22.2 Å². The summed E-state index contributed by atoms with van der Waals surface area (Å²) >= 11 is 3.28. The Morgan fingerprint density at radius 3 is 2.50 bits per heavy atom. The zero-order valence-electron chi connectivity index (χ0n) is 10.7. The molecule has 0 aliphatic carbocycles. The Labute approximate surface area is 115 Å². The number of hydrogen-bond donors (Lipinski definition) is 2. The second kappa shape index (κ2) is 7.58. The lowest BCUT2D eigenvalue weighted by molar-refractivity contribution is -0.0989. The third-order valence-electron chi connectivity index (χ3n) is 2.47. The maximum atomic E-state index is 9.68. The molecule has 1 aromatic rings. The van der Waals surface area contributed by atoms with Crippen LogP contribution in [0.2, 0.25) is 0 Å². The minimum Gasteiger partial charge on any atom is -0.503 e. The fourth-order valence-electron chi connectivity index (χ4n) is 1.48. The van der Waals surface area contributed by atoms with Crippen LogP contribution in [0.15, 0.2) is 16.6 Å². The normalized spacial score (nSPS) is 10.9. The highest BCUT2D eigenvalue weighted by Gasteiger charge is 2.09. The van der Waals surface area contributed by atoms with Gasteiger partial charge in [0, 0.05) is 27.3 Å². The first kappa shape index (κ1) is 15.2. The Kier molecular flexibility index (Phi) is 6.42. The molecule has 0 aliphatic rings. The molecule has 0 amide bonds. The van der Waals surface area contributed by atoms with Crippen LogP contribution in [-0.2, 0) is 16.0 Å². The van der Waals surface area contributed by atoms with Crippen LogP contribution in [0.3, 0.4) is 0 Å². The number of benzene rings is 1. The number of methoxy groups -OCH3 is 3. The first-order chi connectivity index (χ1) is 8.62. The van der Waals surface area contributed by atoms with Crippen molar-refractivity contribution in [2.75, 3.05) is 27.9 Å². The zero-order valence-corrected chi connectivity index (χ0v) is 12.3. The summed E-state index contributed by atoms with van der Waals surface area (Å²) in [5.74, 6) is 0.545. The van der Waals surface area contributed by atoms with E-state index in [4.69, 9.17) is 14.2 Å². The molecule has 18 heavy (non-hydrogen) atoms. The van der Waals surface area contributed by atoms with Gasteiger partial charge in [-0.05, 0) is 33.6 Å². The second-order valence-electron chi connectivity index (χ2n) is 3.66. The minimum absolute atomic E-state index is 0.105. The van der Waals surface area contributed by atoms with Crippen LogP contribution in [0.5, 0.6) is 11.5 Å². The topological polar surface area (TPSA) is 60.0 Å². The van der Waals surface area contributed by atoms with Crippen LogP contribution in [0, 0.1) is 0 Å². The van der Waals surface area contributed by atoms with Gasteiger partial charge in [-0.1, -0.05) is 0 Å². The van der Waals surface area contributed by atoms with E-state index in [2.05, 4.69) is 21.2 Å². The molecule has 0 saturated carbocycles. The van der Waals surface area contributed by atoms with E-state index in [9.17, 15) is 5.11 Å². The van der Waals surface area contributed by atoms with Crippen LogP contribution in [0.25, 0.3) is 0 Å². The number of aromatic hydroxyl groups is 1. The lowest BCUT2D eigenvalue weighted by Crippen LogP contribution is -2.29. The molecule has 0 atom stereocenters. The van der Waals surface area contributed by atoms with Gasteiger partial charge in [-0.3, -0.25) is 0 Å². The Balaban J connectivity index is 2.60. The standard InChI is InChI=1S/C12H18BrNO4/c1-16-10-5-8(4-9(13)12(10)15)6-14-7-11(17-2)18-3/h4-5,11,14-15H,6-7H2,1-3H3. The number of nitrogens with one attached hydrogen (secondary N) is 1. The van der Waals surface area contributed by atoms with Crippen molar-refractivity contribution in [2.45, 2.75) is 12.8 Å². The summed E-state index contributed by atoms with van der Waals surface area (Å²) < 4.78 is 15.8. The summed E-state index contributed by atoms with van der Waals surface area (Å²) in [5.41, 5.74) is 0.988. The zero-order chi connectivity index (χ0) is 13.5. The average Bonchev–Trinajstić information content (AvgIpc) is 2.38. The summed E-state index contributed by atoms with van der Waals surface area (Å²) in [5, 5.41) is 12.9. The number of hydrogen-bond acceptors (Lipinski definition) is 5. The first-order valence-corrected chi connectivity index (χ1v) is 6.23. The van der Waals surface area contributed by atoms with E-state index < -0.39 is 0 Å². The van der Waals surface area contributed by atoms with E-state index in [0.717, 1.165) is 5.56 Å². The van der Waals surface area contributed by atoms with Crippen LogP contribution >= 0.6 is 15.9 Å². The van der Waals surface area contributed by atoms with E-state index in [1.165, 1.54) is 7.11 Å². The van der Waals surface area contributed by atoms with E-state index in [1.807, 2.05) is 6.07 Å². The first-order valence-electron chi connectivity index (χ1n) is 5.44. The third kappa shape index (κ3) is 4.13. The van der Waals surface area contributed by atoms with Crippen LogP contribution in [0.4, 0.5) is 0 Å². The molecular weight excluding hydrogens is 302 g/mol. The smallest absolute Gasteiger partial charge is 0.172 e. The van der Waals surface area contributed by atoms with Gasteiger partial charge in [0.15, 0.2) is 17.8 Å². The van der Waals surface area contributed by atoms with Crippen LogP contribution < -0.4 is 10.1 Å². The van der Waals surface area contributed by atoms with Crippen molar-refractivity contribution in [3.63, 3.8) is 0 Å². The van der Waals surface area contributed by atoms with Crippen LogP contribution in [0.1, 0.15) is 5.56 Å². The second-order valence-corrected chi connectivity index (χ2v) is 4.51. The van der Waals surface area contributed by atoms with Gasteiger partial charge < -0.3 is 24.6 Å². The molecule has 2 N–H and O–H groups in total. The van der Waals surface area contributed by atoms with Crippen molar-refractivity contribution in [1.29, 1.82) is 0 Å². The highest BCUT2D eigenvalue weighted by Crippen LogP contribution is 2.35. The molecule has 0 bridgehead atoms. The van der Waals surface area contributed by atoms with E-state index in [0.29, 0.717) is 23.3 Å². The van der Waals surface area contributed by atoms with E-state index in [-0.39, 0.29) is 12.0 Å². The van der Waals surface area contributed by atoms with Crippen LogP contribution in [-0.4, -0.2) is 39.3 Å². The highest BCUT2D eigenvalue weighted by molar-refractivity contribution is 9.10. The predicted octanol–water partition coefficient (Wildman–Crippen LogP) is 1.87. The fourth-order valence-corrected chi connectivity index (χ4v) is 1.97. The van der Waals surface area contributed by atoms with Gasteiger partial charge in [-0.15, -0.1) is 0 Å².